The zero-order valence-corrected chi connectivity index (χ0v) is 46.6. The van der Waals surface area contributed by atoms with Gasteiger partial charge in [-0.2, -0.15) is 0 Å². The Labute approximate surface area is 474 Å². The highest BCUT2D eigenvalue weighted by Gasteiger charge is 2.53. The Balaban J connectivity index is 2.12. The molecular formula is C47H80N12O24. The topological polar surface area (TPSA) is 576 Å². The number of carbonyl (C=O) groups is 12. The first-order chi connectivity index (χ1) is 38.8. The molecule has 19 unspecified atom stereocenters. The third-order valence-electron chi connectivity index (χ3n) is 12.6. The van der Waals surface area contributed by atoms with Gasteiger partial charge < -0.3 is 124 Å². The molecule has 2 rings (SSSR count). The number of rotatable bonds is 33. The van der Waals surface area contributed by atoms with Crippen molar-refractivity contribution < 1.29 is 117 Å². The number of primary amides is 1. The number of aliphatic hydroxyl groups excluding tert-OH is 7. The Morgan fingerprint density at radius 1 is 0.602 bits per heavy atom. The minimum Gasteiger partial charge on any atom is -0.480 e. The van der Waals surface area contributed by atoms with E-state index in [0.29, 0.717) is 0 Å². The molecule has 0 spiro atoms. The SMILES string of the molecule is CC(=O)NC1C(OC2C(CO)OC(O)C(NC(C)=O)C2OC(C)C(=O)NC(C)C(=O)NC(CCC(=O)NC(CCCNC(=O)C(CO)NC(=O)C(C)NC(=O)C(NC(=O)C(C)N)C(C)O)C(=O)NCC(=O)O)C(N)=O)OC(CO)C(O)C1O. The van der Waals surface area contributed by atoms with E-state index in [1.165, 1.54) is 34.6 Å². The summed E-state index contributed by atoms with van der Waals surface area (Å²) in [5.74, 6) is -11.7. The van der Waals surface area contributed by atoms with Crippen molar-refractivity contribution in [2.75, 3.05) is 32.9 Å². The molecule has 19 atom stereocenters. The van der Waals surface area contributed by atoms with Crippen molar-refractivity contribution in [3.8, 4) is 0 Å². The Morgan fingerprint density at radius 2 is 1.16 bits per heavy atom. The normalized spacial score (nSPS) is 25.5. The van der Waals surface area contributed by atoms with Gasteiger partial charge >= 0.3 is 5.97 Å². The van der Waals surface area contributed by atoms with Crippen LogP contribution in [-0.2, 0) is 76.5 Å². The fourth-order valence-corrected chi connectivity index (χ4v) is 8.09. The number of nitrogens with one attached hydrogen (secondary N) is 10. The van der Waals surface area contributed by atoms with Crippen LogP contribution >= 0.6 is 0 Å². The predicted octanol–water partition coefficient (Wildman–Crippen LogP) is -11.7. The van der Waals surface area contributed by atoms with Crippen LogP contribution in [0, 0.1) is 0 Å². The van der Waals surface area contributed by atoms with E-state index in [4.69, 9.17) is 35.5 Å². The number of aliphatic hydroxyl groups is 7. The zero-order chi connectivity index (χ0) is 63.2. The molecule has 2 heterocycles. The third kappa shape index (κ3) is 23.0. The Morgan fingerprint density at radius 3 is 1.67 bits per heavy atom. The fourth-order valence-electron chi connectivity index (χ4n) is 8.09. The molecule has 472 valence electrons. The number of ether oxygens (including phenoxy) is 4. The number of hydrogen-bond donors (Lipinski definition) is 20. The smallest absolute Gasteiger partial charge is 0.322 e. The van der Waals surface area contributed by atoms with Crippen LogP contribution in [0.1, 0.15) is 74.1 Å². The molecule has 2 aliphatic heterocycles. The predicted molar refractivity (Wildman–Crippen MR) is 277 cm³/mol. The Hall–Kier alpha value is -6.84. The van der Waals surface area contributed by atoms with Crippen LogP contribution < -0.4 is 64.6 Å². The van der Waals surface area contributed by atoms with Gasteiger partial charge in [0.25, 0.3) is 0 Å². The summed E-state index contributed by atoms with van der Waals surface area (Å²) in [6, 6.07) is -13.1. The fraction of sp³-hybridized carbons (Fsp3) is 0.745. The summed E-state index contributed by atoms with van der Waals surface area (Å²) < 4.78 is 23.2. The van der Waals surface area contributed by atoms with Crippen LogP contribution in [0.3, 0.4) is 0 Å². The first-order valence-corrected chi connectivity index (χ1v) is 26.1. The summed E-state index contributed by atoms with van der Waals surface area (Å²) >= 11 is 0. The van der Waals surface area contributed by atoms with E-state index in [0.717, 1.165) is 13.8 Å². The third-order valence-corrected chi connectivity index (χ3v) is 12.6. The van der Waals surface area contributed by atoms with Crippen molar-refractivity contribution in [3.05, 3.63) is 0 Å². The number of nitrogens with two attached hydrogens (primary N) is 2. The molecule has 0 aromatic carbocycles. The minimum absolute atomic E-state index is 0.0976. The van der Waals surface area contributed by atoms with E-state index in [1.807, 2.05) is 0 Å². The first-order valence-electron chi connectivity index (χ1n) is 26.1. The van der Waals surface area contributed by atoms with E-state index < -0.39 is 226 Å². The van der Waals surface area contributed by atoms with Crippen LogP contribution in [0.2, 0.25) is 0 Å². The van der Waals surface area contributed by atoms with Gasteiger partial charge in [-0.15, -0.1) is 0 Å². The van der Waals surface area contributed by atoms with E-state index in [-0.39, 0.29) is 19.4 Å². The highest BCUT2D eigenvalue weighted by molar-refractivity contribution is 5.95. The maximum atomic E-state index is 13.6. The van der Waals surface area contributed by atoms with E-state index in [9.17, 15) is 93.3 Å². The molecule has 2 aliphatic rings. The number of hydrogen-bond acceptors (Lipinski definition) is 24. The number of amides is 11. The average molecular weight is 1200 g/mol. The second-order valence-electron chi connectivity index (χ2n) is 19.6. The van der Waals surface area contributed by atoms with Crippen molar-refractivity contribution in [1.29, 1.82) is 0 Å². The minimum atomic E-state index is -1.93. The Bertz CT molecular complexity index is 2270. The molecule has 0 aromatic rings. The van der Waals surface area contributed by atoms with Gasteiger partial charge in [0, 0.05) is 26.8 Å². The van der Waals surface area contributed by atoms with Crippen molar-refractivity contribution >= 4 is 70.9 Å². The van der Waals surface area contributed by atoms with Crippen molar-refractivity contribution in [2.45, 2.75) is 190 Å². The number of aliphatic carboxylic acids is 1. The maximum Gasteiger partial charge on any atom is 0.322 e. The summed E-state index contributed by atoms with van der Waals surface area (Å²) in [5.41, 5.74) is 11.0. The highest BCUT2D eigenvalue weighted by atomic mass is 16.7. The molecule has 2 saturated heterocycles. The lowest BCUT2D eigenvalue weighted by molar-refractivity contribution is -0.333. The molecule has 2 fully saturated rings. The number of carboxylic acid groups (broad SMARTS) is 1. The van der Waals surface area contributed by atoms with Gasteiger partial charge in [0.05, 0.1) is 32.0 Å². The summed E-state index contributed by atoms with van der Waals surface area (Å²) in [5, 5.41) is 104. The van der Waals surface area contributed by atoms with Gasteiger partial charge in [-0.25, -0.2) is 0 Å². The molecule has 11 amide bonds. The van der Waals surface area contributed by atoms with Crippen molar-refractivity contribution in [3.63, 3.8) is 0 Å². The van der Waals surface area contributed by atoms with Gasteiger partial charge in [-0.05, 0) is 53.9 Å². The highest BCUT2D eigenvalue weighted by Crippen LogP contribution is 2.31. The monoisotopic (exact) mass is 1200 g/mol. The molecule has 83 heavy (non-hydrogen) atoms. The van der Waals surface area contributed by atoms with Crippen molar-refractivity contribution in [1.82, 2.24) is 53.2 Å². The van der Waals surface area contributed by atoms with E-state index in [2.05, 4.69) is 53.2 Å². The molecule has 36 nitrogen and oxygen atoms in total. The molecule has 0 aliphatic carbocycles. The summed E-state index contributed by atoms with van der Waals surface area (Å²) in [4.78, 5) is 152. The molecule has 22 N–H and O–H groups in total. The zero-order valence-electron chi connectivity index (χ0n) is 46.6. The molecule has 36 heteroatoms. The lowest BCUT2D eigenvalue weighted by Crippen LogP contribution is -2.70. The molecule has 0 saturated carbocycles. The number of carbonyl (C=O) groups excluding carboxylic acids is 11. The number of carboxylic acids is 1. The standard InChI is InChI=1S/C47H80N12O24/c1-17(48)39(72)59-31(20(4)63)45(78)53-19(3)41(74)58-26(14-60)44(77)50-12-8-9-25(43(76)51-13-30(67)68)56-29(66)11-10-24(38(49)71)57-40(73)18(2)52-42(75)21(5)80-37-33(55-23(7)65)46(79)81-28(16-62)36(37)83-47-32(54-22(6)64)35(70)34(69)27(15-61)82-47/h17-21,24-28,31-37,46-47,60-63,69-70,79H,8-16,48H2,1-7H3,(H2,49,71)(H,50,77)(H,51,76)(H,52,75)(H,53,78)(H,54,64)(H,55,65)(H,56,66)(H,57,73)(H,58,74)(H,59,72)(H,67,68). The lowest BCUT2D eigenvalue weighted by Gasteiger charge is -2.48. The van der Waals surface area contributed by atoms with Crippen LogP contribution in [0.25, 0.3) is 0 Å². The van der Waals surface area contributed by atoms with E-state index >= 15 is 0 Å². The van der Waals surface area contributed by atoms with Gasteiger partial charge in [0.2, 0.25) is 65.0 Å². The van der Waals surface area contributed by atoms with Gasteiger partial charge in [-0.1, -0.05) is 0 Å². The van der Waals surface area contributed by atoms with Gasteiger partial charge in [-0.3, -0.25) is 57.5 Å². The van der Waals surface area contributed by atoms with Crippen LogP contribution in [0.15, 0.2) is 0 Å². The van der Waals surface area contributed by atoms with Gasteiger partial charge in [0.1, 0.15) is 97.6 Å². The van der Waals surface area contributed by atoms with Crippen LogP contribution in [-0.4, -0.2) is 260 Å². The quantitative estimate of drug-likeness (QED) is 0.0271. The average Bonchev–Trinajstić information content (AvgIpc) is 3.46. The second kappa shape index (κ2) is 34.7. The molecule has 0 radical (unpaired) electrons. The van der Waals surface area contributed by atoms with E-state index in [1.54, 1.807) is 0 Å². The molecular weight excluding hydrogens is 1120 g/mol. The largest absolute Gasteiger partial charge is 0.480 e. The molecule has 0 aromatic heterocycles. The van der Waals surface area contributed by atoms with Crippen molar-refractivity contribution in [2.24, 2.45) is 11.5 Å². The maximum absolute atomic E-state index is 13.6. The lowest BCUT2D eigenvalue weighted by atomic mass is 9.94. The first kappa shape index (κ1) is 72.3. The summed E-state index contributed by atoms with van der Waals surface area (Å²) in [7, 11) is 0. The van der Waals surface area contributed by atoms with Crippen LogP contribution in [0.4, 0.5) is 0 Å². The summed E-state index contributed by atoms with van der Waals surface area (Å²) in [6.07, 6.45) is -18.0. The van der Waals surface area contributed by atoms with Gasteiger partial charge in [0.15, 0.2) is 12.6 Å². The van der Waals surface area contributed by atoms with Crippen LogP contribution in [0.5, 0.6) is 0 Å². The second-order valence-corrected chi connectivity index (χ2v) is 19.6. The summed E-state index contributed by atoms with van der Waals surface area (Å²) in [6.45, 7) is 4.41. The molecule has 0 bridgehead atoms. The Kier molecular flexibility index (Phi) is 30.2.